The Labute approximate surface area is 142 Å². The SMILES string of the molecule is CN(CCc1ccncc1)C(=O)C(=O)NCCCc1ccccc1. The van der Waals surface area contributed by atoms with Crippen molar-refractivity contribution < 1.29 is 9.59 Å². The summed E-state index contributed by atoms with van der Waals surface area (Å²) in [7, 11) is 1.65. The number of aryl methyl sites for hydroxylation is 1. The number of amides is 2. The monoisotopic (exact) mass is 325 g/mol. The van der Waals surface area contributed by atoms with Crippen LogP contribution in [-0.2, 0) is 22.4 Å². The van der Waals surface area contributed by atoms with Crippen molar-refractivity contribution in [1.29, 1.82) is 0 Å². The number of hydrogen-bond donors (Lipinski definition) is 1. The fourth-order valence-electron chi connectivity index (χ4n) is 2.34. The van der Waals surface area contributed by atoms with Crippen molar-refractivity contribution in [2.45, 2.75) is 19.3 Å². The molecule has 0 fully saturated rings. The van der Waals surface area contributed by atoms with E-state index in [1.807, 2.05) is 30.3 Å². The number of carbonyl (C=O) groups excluding carboxylic acids is 2. The van der Waals surface area contributed by atoms with Crippen molar-refractivity contribution in [2.75, 3.05) is 20.1 Å². The lowest BCUT2D eigenvalue weighted by atomic mass is 10.1. The second-order valence-corrected chi connectivity index (χ2v) is 5.68. The number of rotatable bonds is 7. The van der Waals surface area contributed by atoms with Crippen molar-refractivity contribution in [3.05, 3.63) is 66.0 Å². The number of carbonyl (C=O) groups is 2. The van der Waals surface area contributed by atoms with Crippen LogP contribution in [0.4, 0.5) is 0 Å². The maximum absolute atomic E-state index is 12.0. The molecular weight excluding hydrogens is 302 g/mol. The molecule has 0 bridgehead atoms. The summed E-state index contributed by atoms with van der Waals surface area (Å²) in [5.41, 5.74) is 2.32. The molecule has 5 heteroatoms. The van der Waals surface area contributed by atoms with Crippen LogP contribution < -0.4 is 5.32 Å². The highest BCUT2D eigenvalue weighted by Crippen LogP contribution is 2.02. The molecule has 0 aliphatic rings. The largest absolute Gasteiger partial charge is 0.348 e. The quantitative estimate of drug-likeness (QED) is 0.624. The van der Waals surface area contributed by atoms with E-state index in [-0.39, 0.29) is 0 Å². The van der Waals surface area contributed by atoms with E-state index in [0.29, 0.717) is 19.5 Å². The third-order valence-electron chi connectivity index (χ3n) is 3.80. The second-order valence-electron chi connectivity index (χ2n) is 5.68. The highest BCUT2D eigenvalue weighted by atomic mass is 16.2. The molecule has 0 unspecified atom stereocenters. The number of pyridine rings is 1. The van der Waals surface area contributed by atoms with Gasteiger partial charge < -0.3 is 10.2 Å². The lowest BCUT2D eigenvalue weighted by molar-refractivity contribution is -0.144. The molecule has 2 amide bonds. The molecule has 0 radical (unpaired) electrons. The minimum atomic E-state index is -0.541. The zero-order valence-electron chi connectivity index (χ0n) is 13.9. The minimum absolute atomic E-state index is 0.497. The number of aromatic nitrogens is 1. The summed E-state index contributed by atoms with van der Waals surface area (Å²) < 4.78 is 0. The average molecular weight is 325 g/mol. The summed E-state index contributed by atoms with van der Waals surface area (Å²) in [5.74, 6) is -1.04. The number of benzene rings is 1. The smallest absolute Gasteiger partial charge is 0.311 e. The summed E-state index contributed by atoms with van der Waals surface area (Å²) in [6, 6.07) is 13.9. The Bertz CT molecular complexity index is 644. The van der Waals surface area contributed by atoms with Crippen LogP contribution in [0.15, 0.2) is 54.9 Å². The van der Waals surface area contributed by atoms with Crippen LogP contribution in [0.5, 0.6) is 0 Å². The van der Waals surface area contributed by atoms with E-state index in [1.54, 1.807) is 19.4 Å². The van der Waals surface area contributed by atoms with Crippen LogP contribution in [0.25, 0.3) is 0 Å². The van der Waals surface area contributed by atoms with Crippen molar-refractivity contribution in [3.63, 3.8) is 0 Å². The zero-order valence-corrected chi connectivity index (χ0v) is 13.9. The molecule has 0 atom stereocenters. The van der Waals surface area contributed by atoms with Crippen LogP contribution in [-0.4, -0.2) is 41.8 Å². The maximum atomic E-state index is 12.0. The summed E-state index contributed by atoms with van der Waals surface area (Å²) in [4.78, 5) is 29.3. The van der Waals surface area contributed by atoms with E-state index in [1.165, 1.54) is 10.5 Å². The molecule has 2 aromatic rings. The van der Waals surface area contributed by atoms with Gasteiger partial charge in [0.15, 0.2) is 0 Å². The van der Waals surface area contributed by atoms with E-state index >= 15 is 0 Å². The Kier molecular flexibility index (Phi) is 6.95. The molecule has 0 spiro atoms. The first-order valence-corrected chi connectivity index (χ1v) is 8.13. The third-order valence-corrected chi connectivity index (χ3v) is 3.80. The number of likely N-dealkylation sites (N-methyl/N-ethyl adjacent to an activating group) is 1. The van der Waals surface area contributed by atoms with Crippen molar-refractivity contribution >= 4 is 11.8 Å². The molecule has 0 saturated carbocycles. The molecule has 0 saturated heterocycles. The average Bonchev–Trinajstić information content (AvgIpc) is 2.64. The normalized spacial score (nSPS) is 10.2. The van der Waals surface area contributed by atoms with Gasteiger partial charge in [0.25, 0.3) is 0 Å². The van der Waals surface area contributed by atoms with E-state index in [2.05, 4.69) is 22.4 Å². The van der Waals surface area contributed by atoms with Gasteiger partial charge in [-0.1, -0.05) is 30.3 Å². The van der Waals surface area contributed by atoms with Gasteiger partial charge in [-0.05, 0) is 42.5 Å². The summed E-state index contributed by atoms with van der Waals surface area (Å²) in [5, 5.41) is 2.69. The van der Waals surface area contributed by atoms with Crippen molar-refractivity contribution in [3.8, 4) is 0 Å². The van der Waals surface area contributed by atoms with Crippen molar-refractivity contribution in [2.24, 2.45) is 0 Å². The molecule has 0 aliphatic carbocycles. The van der Waals surface area contributed by atoms with Gasteiger partial charge in [0.05, 0.1) is 0 Å². The lowest BCUT2D eigenvalue weighted by Gasteiger charge is -2.16. The first-order chi connectivity index (χ1) is 11.7. The number of hydrogen-bond acceptors (Lipinski definition) is 3. The van der Waals surface area contributed by atoms with Gasteiger partial charge in [0, 0.05) is 32.5 Å². The van der Waals surface area contributed by atoms with E-state index in [9.17, 15) is 9.59 Å². The van der Waals surface area contributed by atoms with Gasteiger partial charge >= 0.3 is 11.8 Å². The van der Waals surface area contributed by atoms with Crippen LogP contribution in [0, 0.1) is 0 Å². The van der Waals surface area contributed by atoms with E-state index in [0.717, 1.165) is 18.4 Å². The predicted octanol–water partition coefficient (Wildman–Crippen LogP) is 1.83. The molecule has 2 rings (SSSR count). The highest BCUT2D eigenvalue weighted by molar-refractivity contribution is 6.34. The van der Waals surface area contributed by atoms with E-state index in [4.69, 9.17) is 0 Å². The minimum Gasteiger partial charge on any atom is -0.348 e. The Morgan fingerprint density at radius 2 is 1.67 bits per heavy atom. The van der Waals surface area contributed by atoms with Crippen LogP contribution in [0.3, 0.4) is 0 Å². The standard InChI is InChI=1S/C19H23N3O2/c1-22(15-11-17-9-13-20-14-10-17)19(24)18(23)21-12-5-8-16-6-3-2-4-7-16/h2-4,6-7,9-10,13-14H,5,8,11-12,15H2,1H3,(H,21,23). The molecule has 24 heavy (non-hydrogen) atoms. The summed E-state index contributed by atoms with van der Waals surface area (Å²) in [6.07, 6.45) is 5.83. The van der Waals surface area contributed by atoms with Gasteiger partial charge in [-0.15, -0.1) is 0 Å². The third kappa shape index (κ3) is 5.83. The fraction of sp³-hybridized carbons (Fsp3) is 0.316. The first kappa shape index (κ1) is 17.7. The Hall–Kier alpha value is -2.69. The highest BCUT2D eigenvalue weighted by Gasteiger charge is 2.17. The van der Waals surface area contributed by atoms with Crippen molar-refractivity contribution in [1.82, 2.24) is 15.2 Å². The molecule has 1 heterocycles. The van der Waals surface area contributed by atoms with Crippen LogP contribution in [0.2, 0.25) is 0 Å². The van der Waals surface area contributed by atoms with Gasteiger partial charge in [0.1, 0.15) is 0 Å². The maximum Gasteiger partial charge on any atom is 0.311 e. The zero-order chi connectivity index (χ0) is 17.2. The Morgan fingerprint density at radius 3 is 2.38 bits per heavy atom. The molecule has 1 aromatic heterocycles. The fourth-order valence-corrected chi connectivity index (χ4v) is 2.34. The number of nitrogens with one attached hydrogen (secondary N) is 1. The van der Waals surface area contributed by atoms with Crippen LogP contribution >= 0.6 is 0 Å². The van der Waals surface area contributed by atoms with E-state index < -0.39 is 11.8 Å². The molecule has 1 aromatic carbocycles. The Morgan fingerprint density at radius 1 is 1.00 bits per heavy atom. The van der Waals surface area contributed by atoms with Crippen LogP contribution in [0.1, 0.15) is 17.5 Å². The van der Waals surface area contributed by atoms with Gasteiger partial charge in [-0.3, -0.25) is 14.6 Å². The molecule has 1 N–H and O–H groups in total. The second kappa shape index (κ2) is 9.45. The van der Waals surface area contributed by atoms with Gasteiger partial charge in [-0.2, -0.15) is 0 Å². The first-order valence-electron chi connectivity index (χ1n) is 8.13. The lowest BCUT2D eigenvalue weighted by Crippen LogP contribution is -2.42. The topological polar surface area (TPSA) is 62.3 Å². The molecule has 5 nitrogen and oxygen atoms in total. The molecule has 126 valence electrons. The summed E-state index contributed by atoms with van der Waals surface area (Å²) in [6.45, 7) is 0.998. The van der Waals surface area contributed by atoms with Gasteiger partial charge in [0.2, 0.25) is 0 Å². The number of nitrogens with zero attached hydrogens (tertiary/aromatic N) is 2. The predicted molar refractivity (Wildman–Crippen MR) is 93.4 cm³/mol. The molecule has 0 aliphatic heterocycles. The Balaban J connectivity index is 1.66. The summed E-state index contributed by atoms with van der Waals surface area (Å²) >= 11 is 0. The molecular formula is C19H23N3O2. The van der Waals surface area contributed by atoms with Gasteiger partial charge in [-0.25, -0.2) is 0 Å².